The van der Waals surface area contributed by atoms with Gasteiger partial charge in [0, 0.05) is 12.2 Å². The van der Waals surface area contributed by atoms with E-state index in [4.69, 9.17) is 10.5 Å². The van der Waals surface area contributed by atoms with Crippen molar-refractivity contribution in [3.63, 3.8) is 0 Å². The Hall–Kier alpha value is -2.89. The van der Waals surface area contributed by atoms with Gasteiger partial charge in [-0.1, -0.05) is 29.8 Å². The average molecular weight is 330 g/mol. The normalized spacial score (nSPS) is 11.6. The Labute approximate surface area is 139 Å². The van der Waals surface area contributed by atoms with Crippen molar-refractivity contribution in [2.75, 3.05) is 5.73 Å². The Morgan fingerprint density at radius 1 is 1.21 bits per heavy atom. The molecule has 126 valence electrons. The Morgan fingerprint density at radius 2 is 1.88 bits per heavy atom. The Bertz CT molecular complexity index is 744. The average Bonchev–Trinajstić information content (AvgIpc) is 2.53. The van der Waals surface area contributed by atoms with E-state index in [1.807, 2.05) is 31.2 Å². The van der Waals surface area contributed by atoms with Gasteiger partial charge in [0.1, 0.15) is 5.82 Å². The number of aryl methyl sites for hydroxylation is 1. The van der Waals surface area contributed by atoms with E-state index in [9.17, 15) is 14.0 Å². The first-order chi connectivity index (χ1) is 11.4. The number of ether oxygens (including phenoxy) is 1. The summed E-state index contributed by atoms with van der Waals surface area (Å²) in [6, 6.07) is 11.1. The molecule has 1 amide bonds. The molecule has 6 heteroatoms. The van der Waals surface area contributed by atoms with Gasteiger partial charge in [-0.25, -0.2) is 9.18 Å². The fourth-order valence-electron chi connectivity index (χ4n) is 2.04. The van der Waals surface area contributed by atoms with Crippen LogP contribution >= 0.6 is 0 Å². The fourth-order valence-corrected chi connectivity index (χ4v) is 2.04. The molecule has 0 fully saturated rings. The number of carbonyl (C=O) groups is 2. The number of carbonyl (C=O) groups excluding carboxylic acids is 2. The van der Waals surface area contributed by atoms with Gasteiger partial charge in [-0.3, -0.25) is 4.79 Å². The van der Waals surface area contributed by atoms with E-state index in [0.717, 1.165) is 23.3 Å². The lowest BCUT2D eigenvalue weighted by Crippen LogP contribution is -2.35. The number of hydrogen-bond acceptors (Lipinski definition) is 4. The van der Waals surface area contributed by atoms with Crippen LogP contribution in [0.2, 0.25) is 0 Å². The van der Waals surface area contributed by atoms with Crippen LogP contribution in [-0.4, -0.2) is 18.0 Å². The van der Waals surface area contributed by atoms with Crippen LogP contribution in [0.3, 0.4) is 0 Å². The Kier molecular flexibility index (Phi) is 5.52. The molecule has 0 aliphatic heterocycles. The molecular weight excluding hydrogens is 311 g/mol. The molecule has 3 N–H and O–H groups in total. The van der Waals surface area contributed by atoms with Crippen LogP contribution in [-0.2, 0) is 16.1 Å². The smallest absolute Gasteiger partial charge is 0.341 e. The number of rotatable bonds is 5. The zero-order chi connectivity index (χ0) is 17.7. The summed E-state index contributed by atoms with van der Waals surface area (Å²) >= 11 is 0. The molecule has 0 aromatic heterocycles. The Morgan fingerprint density at radius 3 is 2.50 bits per heavy atom. The molecule has 0 aliphatic rings. The van der Waals surface area contributed by atoms with Gasteiger partial charge in [0.2, 0.25) is 0 Å². The summed E-state index contributed by atoms with van der Waals surface area (Å²) in [4.78, 5) is 24.0. The van der Waals surface area contributed by atoms with Gasteiger partial charge in [0.05, 0.1) is 5.56 Å². The molecule has 2 rings (SSSR count). The van der Waals surface area contributed by atoms with Crippen molar-refractivity contribution >= 4 is 17.6 Å². The van der Waals surface area contributed by atoms with Crippen molar-refractivity contribution in [2.24, 2.45) is 0 Å². The van der Waals surface area contributed by atoms with Crippen molar-refractivity contribution in [3.05, 3.63) is 65.0 Å². The van der Waals surface area contributed by atoms with Crippen molar-refractivity contribution in [1.82, 2.24) is 5.32 Å². The van der Waals surface area contributed by atoms with Crippen LogP contribution in [0.15, 0.2) is 42.5 Å². The minimum atomic E-state index is -0.993. The van der Waals surface area contributed by atoms with Crippen LogP contribution in [0.25, 0.3) is 0 Å². The van der Waals surface area contributed by atoms with E-state index in [1.165, 1.54) is 13.0 Å². The molecule has 1 atom stereocenters. The lowest BCUT2D eigenvalue weighted by molar-refractivity contribution is -0.129. The van der Waals surface area contributed by atoms with Gasteiger partial charge < -0.3 is 15.8 Å². The Balaban J connectivity index is 1.90. The zero-order valence-corrected chi connectivity index (χ0v) is 13.5. The summed E-state index contributed by atoms with van der Waals surface area (Å²) in [5.41, 5.74) is 7.64. The van der Waals surface area contributed by atoms with Gasteiger partial charge in [-0.2, -0.15) is 0 Å². The lowest BCUT2D eigenvalue weighted by Gasteiger charge is -2.14. The first-order valence-electron chi connectivity index (χ1n) is 7.46. The molecule has 0 aliphatic carbocycles. The third kappa shape index (κ3) is 4.55. The highest BCUT2D eigenvalue weighted by atomic mass is 19.1. The number of amides is 1. The summed E-state index contributed by atoms with van der Waals surface area (Å²) in [6.07, 6.45) is -0.993. The number of nitrogens with one attached hydrogen (secondary N) is 1. The third-order valence-corrected chi connectivity index (χ3v) is 3.47. The van der Waals surface area contributed by atoms with Gasteiger partial charge in [-0.05, 0) is 37.6 Å². The standard InChI is InChI=1S/C18H19FN2O3/c1-11-3-5-13(6-4-11)10-21-17(22)12(2)24-18(23)15-8-7-14(19)9-16(15)20/h3-9,12H,10,20H2,1-2H3,(H,21,22)/t12-/m0/s1. The first-order valence-corrected chi connectivity index (χ1v) is 7.46. The molecule has 0 heterocycles. The molecule has 0 radical (unpaired) electrons. The van der Waals surface area contributed by atoms with Gasteiger partial charge >= 0.3 is 5.97 Å². The summed E-state index contributed by atoms with van der Waals surface area (Å²) < 4.78 is 18.1. The first kappa shape index (κ1) is 17.5. The van der Waals surface area contributed by atoms with Crippen molar-refractivity contribution in [2.45, 2.75) is 26.5 Å². The number of hydrogen-bond donors (Lipinski definition) is 2. The van der Waals surface area contributed by atoms with Crippen LogP contribution in [0.1, 0.15) is 28.4 Å². The molecule has 24 heavy (non-hydrogen) atoms. The molecule has 0 bridgehead atoms. The van der Waals surface area contributed by atoms with Gasteiger partial charge in [0.15, 0.2) is 6.10 Å². The maximum atomic E-state index is 13.0. The zero-order valence-electron chi connectivity index (χ0n) is 13.5. The molecular formula is C18H19FN2O3. The molecule has 0 spiro atoms. The number of nitrogen functional groups attached to an aromatic ring is 1. The summed E-state index contributed by atoms with van der Waals surface area (Å²) in [7, 11) is 0. The van der Waals surface area contributed by atoms with Gasteiger partial charge in [-0.15, -0.1) is 0 Å². The summed E-state index contributed by atoms with van der Waals surface area (Å²) in [5, 5.41) is 2.69. The molecule has 2 aromatic carbocycles. The van der Waals surface area contributed by atoms with Crippen LogP contribution in [0.5, 0.6) is 0 Å². The van der Waals surface area contributed by atoms with E-state index >= 15 is 0 Å². The summed E-state index contributed by atoms with van der Waals surface area (Å²) in [6.45, 7) is 3.77. The van der Waals surface area contributed by atoms with Crippen molar-refractivity contribution in [1.29, 1.82) is 0 Å². The topological polar surface area (TPSA) is 81.4 Å². The lowest BCUT2D eigenvalue weighted by atomic mass is 10.1. The van der Waals surface area contributed by atoms with Crippen molar-refractivity contribution in [3.8, 4) is 0 Å². The minimum Gasteiger partial charge on any atom is -0.449 e. The van der Waals surface area contributed by atoms with E-state index in [2.05, 4.69) is 5.32 Å². The van der Waals surface area contributed by atoms with Crippen molar-refractivity contribution < 1.29 is 18.7 Å². The maximum Gasteiger partial charge on any atom is 0.341 e. The molecule has 0 unspecified atom stereocenters. The van der Waals surface area contributed by atoms with E-state index in [0.29, 0.717) is 6.54 Å². The predicted octanol–water partition coefficient (Wildman–Crippen LogP) is 2.58. The van der Waals surface area contributed by atoms with Crippen LogP contribution < -0.4 is 11.1 Å². The number of nitrogens with two attached hydrogens (primary N) is 1. The van der Waals surface area contributed by atoms with E-state index in [1.54, 1.807) is 0 Å². The molecule has 5 nitrogen and oxygen atoms in total. The second-order valence-electron chi connectivity index (χ2n) is 5.48. The highest BCUT2D eigenvalue weighted by Crippen LogP contribution is 2.15. The minimum absolute atomic E-state index is 0.0228. The SMILES string of the molecule is Cc1ccc(CNC(=O)[C@H](C)OC(=O)c2ccc(F)cc2N)cc1. The molecule has 0 saturated carbocycles. The number of esters is 1. The number of anilines is 1. The van der Waals surface area contributed by atoms with Crippen LogP contribution in [0, 0.1) is 12.7 Å². The second kappa shape index (κ2) is 7.59. The number of benzene rings is 2. The van der Waals surface area contributed by atoms with E-state index < -0.39 is 23.8 Å². The highest BCUT2D eigenvalue weighted by Gasteiger charge is 2.20. The monoisotopic (exact) mass is 330 g/mol. The third-order valence-electron chi connectivity index (χ3n) is 3.47. The second-order valence-corrected chi connectivity index (χ2v) is 5.48. The molecule has 2 aromatic rings. The fraction of sp³-hybridized carbons (Fsp3) is 0.222. The van der Waals surface area contributed by atoms with E-state index in [-0.39, 0.29) is 11.3 Å². The predicted molar refractivity (Wildman–Crippen MR) is 88.7 cm³/mol. The van der Waals surface area contributed by atoms with Crippen LogP contribution in [0.4, 0.5) is 10.1 Å². The quantitative estimate of drug-likeness (QED) is 0.652. The van der Waals surface area contributed by atoms with Gasteiger partial charge in [0.25, 0.3) is 5.91 Å². The number of halogens is 1. The molecule has 0 saturated heterocycles. The summed E-state index contributed by atoms with van der Waals surface area (Å²) in [5.74, 6) is -1.75. The largest absolute Gasteiger partial charge is 0.449 e. The maximum absolute atomic E-state index is 13.0. The highest BCUT2D eigenvalue weighted by molar-refractivity contribution is 5.96.